The topological polar surface area (TPSA) is 4.93 Å². The summed E-state index contributed by atoms with van der Waals surface area (Å²) in [4.78, 5) is 0. The van der Waals surface area contributed by atoms with Gasteiger partial charge in [-0.25, -0.2) is 0 Å². The highest BCUT2D eigenvalue weighted by Gasteiger charge is 2.18. The standard InChI is InChI=1S/C26H19N/c1-2-8-21-19(7-1)16-20-15-18(13-14-22(20)21)17-27-25-11-5-3-9-23(25)24-10-4-6-12-26(24)27/h1-15H,16-17H2. The Morgan fingerprint density at radius 1 is 0.593 bits per heavy atom. The van der Waals surface area contributed by atoms with E-state index >= 15 is 0 Å². The number of nitrogens with zero attached hydrogens (tertiary/aromatic N) is 1. The fourth-order valence-corrected chi connectivity index (χ4v) is 4.65. The minimum Gasteiger partial charge on any atom is -0.336 e. The van der Waals surface area contributed by atoms with Crippen LogP contribution in [0.25, 0.3) is 32.9 Å². The molecular weight excluding hydrogens is 326 g/mol. The molecule has 0 fully saturated rings. The van der Waals surface area contributed by atoms with E-state index in [-0.39, 0.29) is 0 Å². The van der Waals surface area contributed by atoms with E-state index in [0.717, 1.165) is 13.0 Å². The van der Waals surface area contributed by atoms with Crippen molar-refractivity contribution in [1.29, 1.82) is 0 Å². The lowest BCUT2D eigenvalue weighted by Gasteiger charge is -2.10. The van der Waals surface area contributed by atoms with E-state index in [1.54, 1.807) is 0 Å². The van der Waals surface area contributed by atoms with Crippen molar-refractivity contribution in [2.24, 2.45) is 0 Å². The average Bonchev–Trinajstić information content (AvgIpc) is 3.24. The molecule has 0 bridgehead atoms. The van der Waals surface area contributed by atoms with Crippen LogP contribution in [-0.4, -0.2) is 4.57 Å². The third-order valence-corrected chi connectivity index (χ3v) is 5.88. The van der Waals surface area contributed by atoms with Crippen molar-refractivity contribution in [3.63, 3.8) is 0 Å². The molecule has 1 aliphatic rings. The Morgan fingerprint density at radius 3 is 2.00 bits per heavy atom. The highest BCUT2D eigenvalue weighted by atomic mass is 15.0. The van der Waals surface area contributed by atoms with Gasteiger partial charge in [0.25, 0.3) is 0 Å². The van der Waals surface area contributed by atoms with Crippen molar-refractivity contribution in [3.8, 4) is 11.1 Å². The summed E-state index contributed by atoms with van der Waals surface area (Å²) in [6.07, 6.45) is 1.05. The van der Waals surface area contributed by atoms with Gasteiger partial charge in [-0.2, -0.15) is 0 Å². The van der Waals surface area contributed by atoms with Crippen LogP contribution in [0.5, 0.6) is 0 Å². The fraction of sp³-hybridized carbons (Fsp3) is 0.0769. The molecule has 0 saturated heterocycles. The Labute approximate surface area is 158 Å². The van der Waals surface area contributed by atoms with Crippen LogP contribution in [0, 0.1) is 0 Å². The first-order chi connectivity index (χ1) is 13.4. The van der Waals surface area contributed by atoms with Crippen LogP contribution < -0.4 is 0 Å². The lowest BCUT2D eigenvalue weighted by molar-refractivity contribution is 0.867. The highest BCUT2D eigenvalue weighted by Crippen LogP contribution is 2.37. The Morgan fingerprint density at radius 2 is 1.22 bits per heavy atom. The zero-order valence-corrected chi connectivity index (χ0v) is 15.0. The number of hydrogen-bond acceptors (Lipinski definition) is 0. The van der Waals surface area contributed by atoms with Crippen molar-refractivity contribution >= 4 is 21.8 Å². The van der Waals surface area contributed by atoms with Gasteiger partial charge in [0.05, 0.1) is 0 Å². The maximum Gasteiger partial charge on any atom is 0.0494 e. The summed E-state index contributed by atoms with van der Waals surface area (Å²) >= 11 is 0. The molecule has 1 heteroatoms. The molecule has 0 radical (unpaired) electrons. The first kappa shape index (κ1) is 14.8. The molecule has 1 heterocycles. The summed E-state index contributed by atoms with van der Waals surface area (Å²) in [7, 11) is 0. The van der Waals surface area contributed by atoms with E-state index in [4.69, 9.17) is 0 Å². The van der Waals surface area contributed by atoms with Crippen LogP contribution in [0.2, 0.25) is 0 Å². The van der Waals surface area contributed by atoms with E-state index in [1.165, 1.54) is 49.6 Å². The highest BCUT2D eigenvalue weighted by molar-refractivity contribution is 6.08. The molecular formula is C26H19N. The number of rotatable bonds is 2. The maximum absolute atomic E-state index is 2.45. The second-order valence-electron chi connectivity index (χ2n) is 7.45. The SMILES string of the molecule is c1ccc2c(c1)Cc1cc(Cn3c4ccccc4c4ccccc43)ccc1-2. The molecule has 0 saturated carbocycles. The lowest BCUT2D eigenvalue weighted by Crippen LogP contribution is -2.00. The van der Waals surface area contributed by atoms with Gasteiger partial charge in [0, 0.05) is 28.4 Å². The molecule has 5 aromatic rings. The molecule has 1 aromatic heterocycles. The second-order valence-corrected chi connectivity index (χ2v) is 7.45. The molecule has 0 N–H and O–H groups in total. The van der Waals surface area contributed by atoms with Crippen LogP contribution in [0.4, 0.5) is 0 Å². The van der Waals surface area contributed by atoms with Gasteiger partial charge in [0.15, 0.2) is 0 Å². The normalized spacial score (nSPS) is 12.4. The summed E-state index contributed by atoms with van der Waals surface area (Å²) in [6, 6.07) is 33.2. The number of fused-ring (bicyclic) bond motifs is 6. The summed E-state index contributed by atoms with van der Waals surface area (Å²) in [6.45, 7) is 0.900. The molecule has 0 atom stereocenters. The van der Waals surface area contributed by atoms with E-state index in [9.17, 15) is 0 Å². The third kappa shape index (κ3) is 2.18. The van der Waals surface area contributed by atoms with Crippen molar-refractivity contribution in [3.05, 3.63) is 108 Å². The maximum atomic E-state index is 2.45. The van der Waals surface area contributed by atoms with Crippen molar-refractivity contribution in [1.82, 2.24) is 4.57 Å². The Balaban J connectivity index is 1.48. The van der Waals surface area contributed by atoms with Gasteiger partial charge in [-0.1, -0.05) is 78.9 Å². The van der Waals surface area contributed by atoms with Crippen LogP contribution >= 0.6 is 0 Å². The molecule has 27 heavy (non-hydrogen) atoms. The van der Waals surface area contributed by atoms with E-state index in [2.05, 4.69) is 95.6 Å². The quantitative estimate of drug-likeness (QED) is 0.341. The van der Waals surface area contributed by atoms with Gasteiger partial charge in [-0.05, 0) is 46.4 Å². The van der Waals surface area contributed by atoms with Crippen molar-refractivity contribution < 1.29 is 0 Å². The molecule has 128 valence electrons. The van der Waals surface area contributed by atoms with Crippen molar-refractivity contribution in [2.75, 3.05) is 0 Å². The molecule has 0 unspecified atom stereocenters. The molecule has 1 nitrogen and oxygen atoms in total. The van der Waals surface area contributed by atoms with Crippen LogP contribution in [0.15, 0.2) is 91.0 Å². The molecule has 4 aromatic carbocycles. The summed E-state index contributed by atoms with van der Waals surface area (Å²) in [5, 5.41) is 2.67. The fourth-order valence-electron chi connectivity index (χ4n) is 4.65. The molecule has 0 aliphatic heterocycles. The number of benzene rings is 4. The number of aromatic nitrogens is 1. The first-order valence-electron chi connectivity index (χ1n) is 9.54. The second kappa shape index (κ2) is 5.59. The van der Waals surface area contributed by atoms with Crippen molar-refractivity contribution in [2.45, 2.75) is 13.0 Å². The predicted octanol–water partition coefficient (Wildman–Crippen LogP) is 6.41. The van der Waals surface area contributed by atoms with Crippen LogP contribution in [0.3, 0.4) is 0 Å². The van der Waals surface area contributed by atoms with Gasteiger partial charge in [0.2, 0.25) is 0 Å². The Hall–Kier alpha value is -3.32. The molecule has 0 spiro atoms. The van der Waals surface area contributed by atoms with E-state index in [1.807, 2.05) is 0 Å². The number of para-hydroxylation sites is 2. The molecule has 1 aliphatic carbocycles. The molecule has 0 amide bonds. The lowest BCUT2D eigenvalue weighted by atomic mass is 10.0. The minimum absolute atomic E-state index is 0.900. The average molecular weight is 345 g/mol. The third-order valence-electron chi connectivity index (χ3n) is 5.88. The van der Waals surface area contributed by atoms with Gasteiger partial charge < -0.3 is 4.57 Å². The summed E-state index contributed by atoms with van der Waals surface area (Å²) in [5.41, 5.74) is 9.68. The zero-order valence-electron chi connectivity index (χ0n) is 15.0. The monoisotopic (exact) mass is 345 g/mol. The van der Waals surface area contributed by atoms with Gasteiger partial charge in [0.1, 0.15) is 0 Å². The van der Waals surface area contributed by atoms with Gasteiger partial charge in [-0.15, -0.1) is 0 Å². The first-order valence-corrected chi connectivity index (χ1v) is 9.54. The largest absolute Gasteiger partial charge is 0.336 e. The zero-order chi connectivity index (χ0) is 17.8. The van der Waals surface area contributed by atoms with E-state index in [0.29, 0.717) is 0 Å². The predicted molar refractivity (Wildman–Crippen MR) is 113 cm³/mol. The van der Waals surface area contributed by atoms with Gasteiger partial charge in [-0.3, -0.25) is 0 Å². The van der Waals surface area contributed by atoms with E-state index < -0.39 is 0 Å². The Kier molecular flexibility index (Phi) is 3.06. The van der Waals surface area contributed by atoms with Crippen LogP contribution in [-0.2, 0) is 13.0 Å². The smallest absolute Gasteiger partial charge is 0.0494 e. The number of hydrogen-bond donors (Lipinski definition) is 0. The molecule has 6 rings (SSSR count). The summed E-state index contributed by atoms with van der Waals surface area (Å²) < 4.78 is 2.45. The van der Waals surface area contributed by atoms with Crippen LogP contribution in [0.1, 0.15) is 16.7 Å². The minimum atomic E-state index is 0.900. The summed E-state index contributed by atoms with van der Waals surface area (Å²) in [5.74, 6) is 0. The van der Waals surface area contributed by atoms with Gasteiger partial charge >= 0.3 is 0 Å². The Bertz CT molecular complexity index is 1270.